The zero-order valence-corrected chi connectivity index (χ0v) is 18.3. The molecule has 2 aromatic rings. The van der Waals surface area contributed by atoms with Crippen molar-refractivity contribution in [3.05, 3.63) is 41.1 Å². The van der Waals surface area contributed by atoms with E-state index < -0.39 is 0 Å². The van der Waals surface area contributed by atoms with Crippen molar-refractivity contribution < 1.29 is 23.8 Å². The summed E-state index contributed by atoms with van der Waals surface area (Å²) in [4.78, 5) is 25.1. The van der Waals surface area contributed by atoms with Crippen molar-refractivity contribution in [2.45, 2.75) is 37.0 Å². The van der Waals surface area contributed by atoms with Gasteiger partial charge in [-0.2, -0.15) is 16.9 Å². The van der Waals surface area contributed by atoms with Crippen LogP contribution in [0.1, 0.15) is 29.7 Å². The predicted octanol–water partition coefficient (Wildman–Crippen LogP) is 2.31. The molecule has 1 aromatic carbocycles. The van der Waals surface area contributed by atoms with Gasteiger partial charge < -0.3 is 24.8 Å². The molecular formula is C22H24N4O5S. The van der Waals surface area contributed by atoms with Crippen LogP contribution in [0.5, 0.6) is 11.5 Å². The lowest BCUT2D eigenvalue weighted by molar-refractivity contribution is -0.122. The highest BCUT2D eigenvalue weighted by Gasteiger charge is 2.25. The average Bonchev–Trinajstić information content (AvgIpc) is 3.57. The van der Waals surface area contributed by atoms with E-state index >= 15 is 0 Å². The lowest BCUT2D eigenvalue weighted by Gasteiger charge is -2.12. The van der Waals surface area contributed by atoms with Crippen molar-refractivity contribution in [2.75, 3.05) is 25.3 Å². The van der Waals surface area contributed by atoms with Crippen LogP contribution < -0.4 is 20.1 Å². The lowest BCUT2D eigenvalue weighted by Crippen LogP contribution is -2.34. The standard InChI is InChI=1S/C22H24N4O5S/c27-20(6-4-14-3-5-18-19(8-14)31-13-30-18)24-22-16-11-32-12-17(16)25-26(22)10-21(28)23-9-15-2-1-7-29-15/h3-6,8,15H,1-2,7,9-13H2,(H,23,28)(H,24,27). The number of nitrogens with one attached hydrogen (secondary N) is 2. The van der Waals surface area contributed by atoms with E-state index in [1.165, 1.54) is 6.08 Å². The van der Waals surface area contributed by atoms with Gasteiger partial charge in [-0.1, -0.05) is 6.07 Å². The van der Waals surface area contributed by atoms with Crippen LogP contribution >= 0.6 is 11.8 Å². The van der Waals surface area contributed by atoms with Gasteiger partial charge in [0.1, 0.15) is 12.4 Å². The highest BCUT2D eigenvalue weighted by Crippen LogP contribution is 2.35. The lowest BCUT2D eigenvalue weighted by atomic mass is 10.2. The highest BCUT2D eigenvalue weighted by molar-refractivity contribution is 7.98. The third-order valence-corrected chi connectivity index (χ3v) is 6.50. The number of fused-ring (bicyclic) bond motifs is 2. The number of hydrogen-bond acceptors (Lipinski definition) is 7. The topological polar surface area (TPSA) is 104 Å². The van der Waals surface area contributed by atoms with Gasteiger partial charge in [0.2, 0.25) is 18.6 Å². The molecule has 0 aliphatic carbocycles. The number of amides is 2. The van der Waals surface area contributed by atoms with Gasteiger partial charge >= 0.3 is 0 Å². The van der Waals surface area contributed by atoms with E-state index in [-0.39, 0.29) is 31.3 Å². The van der Waals surface area contributed by atoms with Crippen molar-refractivity contribution in [3.8, 4) is 11.5 Å². The summed E-state index contributed by atoms with van der Waals surface area (Å²) in [6, 6.07) is 5.49. The number of nitrogens with zero attached hydrogens (tertiary/aromatic N) is 2. The molecule has 0 saturated carbocycles. The maximum Gasteiger partial charge on any atom is 0.249 e. The van der Waals surface area contributed by atoms with Crippen LogP contribution in [0.4, 0.5) is 5.82 Å². The predicted molar refractivity (Wildman–Crippen MR) is 119 cm³/mol. The molecule has 1 saturated heterocycles. The smallest absolute Gasteiger partial charge is 0.249 e. The number of carbonyl (C=O) groups is 2. The van der Waals surface area contributed by atoms with Gasteiger partial charge in [-0.05, 0) is 36.6 Å². The Balaban J connectivity index is 1.24. The maximum absolute atomic E-state index is 12.6. The Hall–Kier alpha value is -2.98. The Morgan fingerprint density at radius 1 is 1.25 bits per heavy atom. The molecule has 1 fully saturated rings. The zero-order valence-electron chi connectivity index (χ0n) is 17.5. The normalized spacial score (nSPS) is 18.8. The SMILES string of the molecule is O=C(C=Cc1ccc2c(c1)OCO2)Nc1c2c(nn1CC(=O)NCC1CCCO1)CSC2. The number of benzene rings is 1. The van der Waals surface area contributed by atoms with Crippen LogP contribution in [0, 0.1) is 0 Å². The van der Waals surface area contributed by atoms with Crippen LogP contribution in [-0.2, 0) is 32.4 Å². The van der Waals surface area contributed by atoms with Crippen molar-refractivity contribution in [1.82, 2.24) is 15.1 Å². The first kappa shape index (κ1) is 20.9. The third kappa shape index (κ3) is 4.61. The van der Waals surface area contributed by atoms with Crippen LogP contribution in [0.15, 0.2) is 24.3 Å². The molecule has 0 bridgehead atoms. The monoisotopic (exact) mass is 456 g/mol. The molecule has 3 aliphatic rings. The molecule has 1 atom stereocenters. The second-order valence-corrected chi connectivity index (χ2v) is 8.78. The molecule has 5 rings (SSSR count). The summed E-state index contributed by atoms with van der Waals surface area (Å²) in [5.74, 6) is 3.03. The minimum absolute atomic E-state index is 0.0475. The summed E-state index contributed by atoms with van der Waals surface area (Å²) in [5.41, 5.74) is 2.72. The molecule has 0 spiro atoms. The summed E-state index contributed by atoms with van der Waals surface area (Å²) in [5, 5.41) is 10.4. The first-order valence-electron chi connectivity index (χ1n) is 10.6. The van der Waals surface area contributed by atoms with E-state index in [9.17, 15) is 9.59 Å². The van der Waals surface area contributed by atoms with E-state index in [1.54, 1.807) is 22.5 Å². The fourth-order valence-electron chi connectivity index (χ4n) is 3.89. The molecule has 1 unspecified atom stereocenters. The summed E-state index contributed by atoms with van der Waals surface area (Å²) in [6.07, 6.45) is 5.24. The third-order valence-electron chi connectivity index (χ3n) is 5.53. The fraction of sp³-hybridized carbons (Fsp3) is 0.409. The van der Waals surface area contributed by atoms with E-state index in [0.717, 1.165) is 47.8 Å². The minimum atomic E-state index is -0.289. The van der Waals surface area contributed by atoms with Crippen LogP contribution in [0.2, 0.25) is 0 Å². The molecule has 9 nitrogen and oxygen atoms in total. The molecule has 0 radical (unpaired) electrons. The summed E-state index contributed by atoms with van der Waals surface area (Å²) < 4.78 is 17.8. The molecular weight excluding hydrogens is 432 g/mol. The number of hydrogen-bond donors (Lipinski definition) is 2. The zero-order chi connectivity index (χ0) is 21.9. The second kappa shape index (κ2) is 9.25. The van der Waals surface area contributed by atoms with Gasteiger partial charge in [-0.25, -0.2) is 4.68 Å². The Kier molecular flexibility index (Phi) is 6.04. The first-order valence-corrected chi connectivity index (χ1v) is 11.7. The number of rotatable bonds is 7. The largest absolute Gasteiger partial charge is 0.454 e. The highest BCUT2D eigenvalue weighted by atomic mass is 32.2. The van der Waals surface area contributed by atoms with Crippen molar-refractivity contribution in [2.24, 2.45) is 0 Å². The van der Waals surface area contributed by atoms with Crippen molar-refractivity contribution in [3.63, 3.8) is 0 Å². The Labute approximate surface area is 189 Å². The van der Waals surface area contributed by atoms with E-state index in [4.69, 9.17) is 14.2 Å². The molecule has 2 N–H and O–H groups in total. The maximum atomic E-state index is 12.6. The Morgan fingerprint density at radius 3 is 3.03 bits per heavy atom. The molecule has 2 amide bonds. The van der Waals surface area contributed by atoms with Crippen LogP contribution in [0.25, 0.3) is 6.08 Å². The second-order valence-electron chi connectivity index (χ2n) is 7.80. The number of ether oxygens (including phenoxy) is 3. The molecule has 10 heteroatoms. The van der Waals surface area contributed by atoms with Gasteiger partial charge in [0.25, 0.3) is 0 Å². The average molecular weight is 457 g/mol. The molecule has 168 valence electrons. The first-order chi connectivity index (χ1) is 15.7. The Morgan fingerprint density at radius 2 is 2.16 bits per heavy atom. The molecule has 3 aliphatic heterocycles. The number of thioether (sulfide) groups is 1. The summed E-state index contributed by atoms with van der Waals surface area (Å²) in [6.45, 7) is 1.50. The van der Waals surface area contributed by atoms with E-state index in [1.807, 2.05) is 18.2 Å². The van der Waals surface area contributed by atoms with Gasteiger partial charge in [0.05, 0.1) is 11.8 Å². The number of aromatic nitrogens is 2. The molecule has 1 aromatic heterocycles. The van der Waals surface area contributed by atoms with Crippen molar-refractivity contribution in [1.29, 1.82) is 0 Å². The van der Waals surface area contributed by atoms with Gasteiger partial charge in [0, 0.05) is 36.3 Å². The van der Waals surface area contributed by atoms with Crippen LogP contribution in [-0.4, -0.2) is 47.6 Å². The van der Waals surface area contributed by atoms with Gasteiger partial charge in [-0.15, -0.1) is 0 Å². The minimum Gasteiger partial charge on any atom is -0.454 e. The molecule has 4 heterocycles. The summed E-state index contributed by atoms with van der Waals surface area (Å²) >= 11 is 1.74. The number of carbonyl (C=O) groups excluding carboxylic acids is 2. The van der Waals surface area contributed by atoms with E-state index in [2.05, 4.69) is 15.7 Å². The number of anilines is 1. The summed E-state index contributed by atoms with van der Waals surface area (Å²) in [7, 11) is 0. The Bertz CT molecular complexity index is 1060. The van der Waals surface area contributed by atoms with Gasteiger partial charge in [-0.3, -0.25) is 9.59 Å². The van der Waals surface area contributed by atoms with Gasteiger partial charge in [0.15, 0.2) is 11.5 Å². The van der Waals surface area contributed by atoms with Crippen molar-refractivity contribution >= 4 is 35.5 Å². The van der Waals surface area contributed by atoms with E-state index in [0.29, 0.717) is 23.9 Å². The van der Waals surface area contributed by atoms with Crippen LogP contribution in [0.3, 0.4) is 0 Å². The fourth-order valence-corrected chi connectivity index (χ4v) is 4.93. The molecule has 32 heavy (non-hydrogen) atoms. The quantitative estimate of drug-likeness (QED) is 0.616.